The first-order chi connectivity index (χ1) is 7.72. The highest BCUT2D eigenvalue weighted by atomic mass is 79.9. The van der Waals surface area contributed by atoms with Gasteiger partial charge in [-0.1, -0.05) is 34.1 Å². The first-order valence-corrected chi connectivity index (χ1v) is 5.49. The third-order valence-electron chi connectivity index (χ3n) is 2.17. The van der Waals surface area contributed by atoms with Gasteiger partial charge in [0.15, 0.2) is 5.76 Å². The predicted molar refractivity (Wildman–Crippen MR) is 65.7 cm³/mol. The molecular weight excluding hydrogens is 270 g/mol. The average Bonchev–Trinajstić information content (AvgIpc) is 2.78. The molecule has 2 aromatic rings. The number of furan rings is 1. The van der Waals surface area contributed by atoms with E-state index in [-0.39, 0.29) is 5.90 Å². The fourth-order valence-electron chi connectivity index (χ4n) is 1.37. The summed E-state index contributed by atoms with van der Waals surface area (Å²) in [6, 6.07) is 11.3. The number of hydrogen-bond donors (Lipinski definition) is 1. The summed E-state index contributed by atoms with van der Waals surface area (Å²) in [4.78, 5) is 0. The fourth-order valence-corrected chi connectivity index (χ4v) is 1.85. The second kappa shape index (κ2) is 4.53. The standard InChI is InChI=1S/C12H10BrNO2/c1-15-12(14)11-7-6-10(16-11)8-4-2-3-5-9(8)13/h2-7,14H,1H3. The van der Waals surface area contributed by atoms with Crippen LogP contribution in [0.1, 0.15) is 5.76 Å². The third-order valence-corrected chi connectivity index (χ3v) is 2.86. The van der Waals surface area contributed by atoms with Crippen molar-refractivity contribution < 1.29 is 9.15 Å². The first-order valence-electron chi connectivity index (χ1n) is 4.70. The molecule has 1 heterocycles. The van der Waals surface area contributed by atoms with E-state index in [2.05, 4.69) is 15.9 Å². The van der Waals surface area contributed by atoms with Crippen molar-refractivity contribution in [2.45, 2.75) is 0 Å². The lowest BCUT2D eigenvalue weighted by Crippen LogP contribution is -1.98. The quantitative estimate of drug-likeness (QED) is 0.673. The van der Waals surface area contributed by atoms with Gasteiger partial charge < -0.3 is 9.15 Å². The highest BCUT2D eigenvalue weighted by Gasteiger charge is 2.10. The van der Waals surface area contributed by atoms with Gasteiger partial charge in [-0.15, -0.1) is 0 Å². The van der Waals surface area contributed by atoms with Gasteiger partial charge in [0.2, 0.25) is 5.90 Å². The molecule has 0 aliphatic rings. The maximum absolute atomic E-state index is 7.48. The number of halogens is 1. The van der Waals surface area contributed by atoms with Crippen molar-refractivity contribution in [3.8, 4) is 11.3 Å². The fraction of sp³-hybridized carbons (Fsp3) is 0.0833. The van der Waals surface area contributed by atoms with Gasteiger partial charge in [-0.3, -0.25) is 5.41 Å². The molecule has 0 radical (unpaired) electrons. The van der Waals surface area contributed by atoms with Crippen LogP contribution in [0, 0.1) is 5.41 Å². The van der Waals surface area contributed by atoms with Crippen LogP contribution in [0.2, 0.25) is 0 Å². The van der Waals surface area contributed by atoms with E-state index in [1.165, 1.54) is 7.11 Å². The van der Waals surface area contributed by atoms with Crippen molar-refractivity contribution in [1.82, 2.24) is 0 Å². The molecule has 16 heavy (non-hydrogen) atoms. The molecule has 0 atom stereocenters. The Morgan fingerprint density at radius 2 is 2.00 bits per heavy atom. The molecule has 3 nitrogen and oxygen atoms in total. The van der Waals surface area contributed by atoms with Gasteiger partial charge >= 0.3 is 0 Å². The van der Waals surface area contributed by atoms with Gasteiger partial charge in [0.1, 0.15) is 5.76 Å². The summed E-state index contributed by atoms with van der Waals surface area (Å²) in [5, 5.41) is 7.48. The van der Waals surface area contributed by atoms with Crippen LogP contribution in [0.4, 0.5) is 0 Å². The lowest BCUT2D eigenvalue weighted by atomic mass is 10.2. The van der Waals surface area contributed by atoms with Crippen molar-refractivity contribution in [3.63, 3.8) is 0 Å². The zero-order valence-corrected chi connectivity index (χ0v) is 10.2. The number of nitrogens with one attached hydrogen (secondary N) is 1. The number of methoxy groups -OCH3 is 1. The number of benzene rings is 1. The summed E-state index contributed by atoms with van der Waals surface area (Å²) >= 11 is 3.45. The summed E-state index contributed by atoms with van der Waals surface area (Å²) in [7, 11) is 1.45. The molecule has 1 N–H and O–H groups in total. The predicted octanol–water partition coefficient (Wildman–Crippen LogP) is 3.68. The molecule has 0 spiro atoms. The molecule has 1 aromatic heterocycles. The summed E-state index contributed by atoms with van der Waals surface area (Å²) in [6.45, 7) is 0. The zero-order chi connectivity index (χ0) is 11.5. The Labute approximate surface area is 102 Å². The average molecular weight is 280 g/mol. The summed E-state index contributed by atoms with van der Waals surface area (Å²) in [5.74, 6) is 1.16. The molecule has 0 amide bonds. The molecular formula is C12H10BrNO2. The molecule has 0 unspecified atom stereocenters. The normalized spacial score (nSPS) is 10.1. The van der Waals surface area contributed by atoms with Crippen LogP contribution in [-0.2, 0) is 4.74 Å². The highest BCUT2D eigenvalue weighted by molar-refractivity contribution is 9.10. The molecule has 0 fully saturated rings. The summed E-state index contributed by atoms with van der Waals surface area (Å²) in [5.41, 5.74) is 0.956. The Morgan fingerprint density at radius 1 is 1.25 bits per heavy atom. The minimum atomic E-state index is 0.0262. The zero-order valence-electron chi connectivity index (χ0n) is 8.66. The minimum Gasteiger partial charge on any atom is -0.479 e. The third kappa shape index (κ3) is 2.02. The van der Waals surface area contributed by atoms with Crippen molar-refractivity contribution in [2.75, 3.05) is 7.11 Å². The maximum atomic E-state index is 7.48. The number of ether oxygens (including phenoxy) is 1. The molecule has 82 valence electrons. The van der Waals surface area contributed by atoms with Gasteiger partial charge in [-0.25, -0.2) is 0 Å². The molecule has 0 aliphatic heterocycles. The second-order valence-corrected chi connectivity index (χ2v) is 4.03. The van der Waals surface area contributed by atoms with Crippen molar-refractivity contribution in [1.29, 1.82) is 5.41 Å². The Kier molecular flexibility index (Phi) is 3.10. The topological polar surface area (TPSA) is 46.2 Å². The summed E-state index contributed by atoms with van der Waals surface area (Å²) in [6.07, 6.45) is 0. The van der Waals surface area contributed by atoms with Crippen LogP contribution in [0.3, 0.4) is 0 Å². The SMILES string of the molecule is COC(=N)c1ccc(-c2ccccc2Br)o1. The van der Waals surface area contributed by atoms with E-state index in [0.29, 0.717) is 11.5 Å². The van der Waals surface area contributed by atoms with E-state index in [0.717, 1.165) is 10.0 Å². The molecule has 2 rings (SSSR count). The Bertz CT molecular complexity index is 519. The van der Waals surface area contributed by atoms with E-state index in [4.69, 9.17) is 14.6 Å². The van der Waals surface area contributed by atoms with Crippen LogP contribution >= 0.6 is 15.9 Å². The maximum Gasteiger partial charge on any atom is 0.249 e. The molecule has 4 heteroatoms. The lowest BCUT2D eigenvalue weighted by Gasteiger charge is -2.00. The highest BCUT2D eigenvalue weighted by Crippen LogP contribution is 2.29. The molecule has 1 aromatic carbocycles. The summed E-state index contributed by atoms with van der Waals surface area (Å²) < 4.78 is 11.3. The Morgan fingerprint density at radius 3 is 2.69 bits per heavy atom. The van der Waals surface area contributed by atoms with Crippen molar-refractivity contribution >= 4 is 21.8 Å². The van der Waals surface area contributed by atoms with E-state index in [9.17, 15) is 0 Å². The minimum absolute atomic E-state index is 0.0262. The van der Waals surface area contributed by atoms with Crippen molar-refractivity contribution in [2.24, 2.45) is 0 Å². The van der Waals surface area contributed by atoms with Crippen LogP contribution in [-0.4, -0.2) is 13.0 Å². The van der Waals surface area contributed by atoms with Gasteiger partial charge in [-0.2, -0.15) is 0 Å². The van der Waals surface area contributed by atoms with Gasteiger partial charge in [-0.05, 0) is 18.2 Å². The number of hydrogen-bond acceptors (Lipinski definition) is 3. The van der Waals surface area contributed by atoms with E-state index in [1.807, 2.05) is 30.3 Å². The van der Waals surface area contributed by atoms with Crippen LogP contribution in [0.15, 0.2) is 45.3 Å². The smallest absolute Gasteiger partial charge is 0.249 e. The molecule has 0 saturated heterocycles. The lowest BCUT2D eigenvalue weighted by molar-refractivity contribution is 0.385. The first kappa shape index (κ1) is 11.0. The molecule has 0 aliphatic carbocycles. The Balaban J connectivity index is 2.39. The van der Waals surface area contributed by atoms with E-state index < -0.39 is 0 Å². The van der Waals surface area contributed by atoms with Crippen LogP contribution in [0.25, 0.3) is 11.3 Å². The van der Waals surface area contributed by atoms with Crippen LogP contribution < -0.4 is 0 Å². The molecule has 0 bridgehead atoms. The largest absolute Gasteiger partial charge is 0.479 e. The van der Waals surface area contributed by atoms with E-state index in [1.54, 1.807) is 6.07 Å². The monoisotopic (exact) mass is 279 g/mol. The van der Waals surface area contributed by atoms with Crippen molar-refractivity contribution in [3.05, 3.63) is 46.6 Å². The van der Waals surface area contributed by atoms with Gasteiger partial charge in [0.05, 0.1) is 7.11 Å². The Hall–Kier alpha value is -1.55. The molecule has 0 saturated carbocycles. The second-order valence-electron chi connectivity index (χ2n) is 3.18. The number of rotatable bonds is 2. The van der Waals surface area contributed by atoms with Gasteiger partial charge in [0.25, 0.3) is 0 Å². The van der Waals surface area contributed by atoms with Crippen LogP contribution in [0.5, 0.6) is 0 Å². The van der Waals surface area contributed by atoms with E-state index >= 15 is 0 Å². The van der Waals surface area contributed by atoms with Gasteiger partial charge in [0, 0.05) is 10.0 Å².